The van der Waals surface area contributed by atoms with Gasteiger partial charge < -0.3 is 9.47 Å². The first-order valence-corrected chi connectivity index (χ1v) is 12.8. The number of hydrogen-bond acceptors (Lipinski definition) is 4. The van der Waals surface area contributed by atoms with E-state index in [9.17, 15) is 9.59 Å². The molecule has 4 nitrogen and oxygen atoms in total. The number of rotatable bonds is 5. The number of esters is 2. The highest BCUT2D eigenvalue weighted by Gasteiger charge is 2.62. The lowest BCUT2D eigenvalue weighted by Crippen LogP contribution is -2.62. The molecule has 0 heterocycles. The minimum atomic E-state index is -0.711. The summed E-state index contributed by atoms with van der Waals surface area (Å²) < 4.78 is 12.5. The van der Waals surface area contributed by atoms with Crippen molar-refractivity contribution in [3.63, 3.8) is 0 Å². The fourth-order valence-electron chi connectivity index (χ4n) is 7.07. The molecule has 184 valence electrons. The number of hydrogen-bond donors (Lipinski definition) is 0. The van der Waals surface area contributed by atoms with E-state index < -0.39 is 16.6 Å². The van der Waals surface area contributed by atoms with Crippen molar-refractivity contribution in [1.29, 1.82) is 0 Å². The van der Waals surface area contributed by atoms with Gasteiger partial charge in [0.1, 0.15) is 11.2 Å². The van der Waals surface area contributed by atoms with Crippen molar-refractivity contribution in [1.82, 2.24) is 0 Å². The molecular weight excluding hydrogens is 400 g/mol. The van der Waals surface area contributed by atoms with Gasteiger partial charge >= 0.3 is 11.9 Å². The Morgan fingerprint density at radius 2 is 1.25 bits per heavy atom. The van der Waals surface area contributed by atoms with E-state index in [-0.39, 0.29) is 41.0 Å². The third-order valence-corrected chi connectivity index (χ3v) is 8.63. The summed E-state index contributed by atoms with van der Waals surface area (Å²) in [5.41, 5.74) is -2.15. The van der Waals surface area contributed by atoms with Crippen LogP contribution >= 0.6 is 0 Å². The molecule has 4 rings (SSSR count). The molecule has 4 fully saturated rings. The van der Waals surface area contributed by atoms with Gasteiger partial charge in [0.05, 0.1) is 11.8 Å². The highest BCUT2D eigenvalue weighted by atomic mass is 16.6. The largest absolute Gasteiger partial charge is 0.460 e. The Kier molecular flexibility index (Phi) is 6.40. The average molecular weight is 449 g/mol. The molecule has 4 aliphatic rings. The molecule has 0 spiro atoms. The van der Waals surface area contributed by atoms with Crippen LogP contribution in [-0.4, -0.2) is 23.1 Å². The first-order chi connectivity index (χ1) is 14.3. The molecule has 1 unspecified atom stereocenters. The van der Waals surface area contributed by atoms with E-state index in [1.807, 2.05) is 20.8 Å². The standard InChI is InChI=1S/C28H48O4/c1-24(2,3)17-27(10,25(4,5)6)23(30)32-28(16-22(29)31-26(7,8)9)20-12-18-11-19(14-20)15-21(28)13-18/h18-21H,11-17H2,1-10H3. The zero-order valence-electron chi connectivity index (χ0n) is 22.4. The van der Waals surface area contributed by atoms with Crippen LogP contribution in [0.2, 0.25) is 0 Å². The predicted molar refractivity (Wildman–Crippen MR) is 128 cm³/mol. The van der Waals surface area contributed by atoms with Crippen LogP contribution in [-0.2, 0) is 19.1 Å². The molecule has 0 N–H and O–H groups in total. The number of ether oxygens (including phenoxy) is 2. The van der Waals surface area contributed by atoms with Crippen LogP contribution in [0, 0.1) is 39.9 Å². The van der Waals surface area contributed by atoms with Crippen LogP contribution in [0.3, 0.4) is 0 Å². The third kappa shape index (κ3) is 5.04. The summed E-state index contributed by atoms with van der Waals surface area (Å²) in [5, 5.41) is 0. The first kappa shape index (κ1) is 25.6. The Morgan fingerprint density at radius 1 is 0.781 bits per heavy atom. The zero-order valence-corrected chi connectivity index (χ0v) is 22.4. The van der Waals surface area contributed by atoms with Gasteiger partial charge in [-0.15, -0.1) is 0 Å². The molecule has 0 aromatic rings. The average Bonchev–Trinajstić information content (AvgIpc) is 2.54. The fourth-order valence-corrected chi connectivity index (χ4v) is 7.07. The number of carbonyl (C=O) groups is 2. The summed E-state index contributed by atoms with van der Waals surface area (Å²) in [6.07, 6.45) is 6.56. The maximum Gasteiger partial charge on any atom is 0.312 e. The minimum absolute atomic E-state index is 0.0105. The highest BCUT2D eigenvalue weighted by molar-refractivity contribution is 5.79. The molecule has 4 heteroatoms. The zero-order chi connectivity index (χ0) is 24.3. The fraction of sp³-hybridized carbons (Fsp3) is 0.929. The van der Waals surface area contributed by atoms with Gasteiger partial charge in [0.15, 0.2) is 0 Å². The molecule has 0 saturated heterocycles. The Morgan fingerprint density at radius 3 is 1.62 bits per heavy atom. The van der Waals surface area contributed by atoms with Crippen LogP contribution in [0.5, 0.6) is 0 Å². The van der Waals surface area contributed by atoms with E-state index in [1.54, 1.807) is 0 Å². The van der Waals surface area contributed by atoms with Crippen molar-refractivity contribution < 1.29 is 19.1 Å². The van der Waals surface area contributed by atoms with Crippen LogP contribution in [0.4, 0.5) is 0 Å². The SMILES string of the molecule is CC(C)(C)CC(C)(C(=O)OC1(CC(=O)OC(C)(C)C)C2CC3CC(C2)CC1C3)C(C)(C)C. The molecular formula is C28H48O4. The highest BCUT2D eigenvalue weighted by Crippen LogP contribution is 2.62. The van der Waals surface area contributed by atoms with Crippen LogP contribution in [0.15, 0.2) is 0 Å². The van der Waals surface area contributed by atoms with E-state index in [1.165, 1.54) is 6.42 Å². The predicted octanol–water partition coefficient (Wildman–Crippen LogP) is 6.94. The minimum Gasteiger partial charge on any atom is -0.460 e. The summed E-state index contributed by atoms with van der Waals surface area (Å²) in [6, 6.07) is 0. The lowest BCUT2D eigenvalue weighted by molar-refractivity contribution is -0.229. The van der Waals surface area contributed by atoms with Gasteiger partial charge in [-0.1, -0.05) is 41.5 Å². The van der Waals surface area contributed by atoms with Gasteiger partial charge in [-0.05, 0) is 88.9 Å². The third-order valence-electron chi connectivity index (χ3n) is 8.63. The summed E-state index contributed by atoms with van der Waals surface area (Å²) in [6.45, 7) is 20.7. The second-order valence-corrected chi connectivity index (χ2v) is 14.7. The van der Waals surface area contributed by atoms with Crippen molar-refractivity contribution in [3.05, 3.63) is 0 Å². The van der Waals surface area contributed by atoms with E-state index in [2.05, 4.69) is 48.5 Å². The Labute approximate surface area is 196 Å². The van der Waals surface area contributed by atoms with Gasteiger partial charge in [0, 0.05) is 11.8 Å². The smallest absolute Gasteiger partial charge is 0.312 e. The normalized spacial score (nSPS) is 34.2. The Hall–Kier alpha value is -1.06. The van der Waals surface area contributed by atoms with Crippen molar-refractivity contribution in [2.75, 3.05) is 0 Å². The molecule has 1 atom stereocenters. The lowest BCUT2D eigenvalue weighted by atomic mass is 9.49. The van der Waals surface area contributed by atoms with Crippen LogP contribution in [0.25, 0.3) is 0 Å². The van der Waals surface area contributed by atoms with Gasteiger partial charge in [-0.25, -0.2) is 0 Å². The summed E-state index contributed by atoms with van der Waals surface area (Å²) >= 11 is 0. The number of carbonyl (C=O) groups excluding carboxylic acids is 2. The van der Waals surface area contributed by atoms with Gasteiger partial charge in [0.2, 0.25) is 0 Å². The van der Waals surface area contributed by atoms with Gasteiger partial charge in [-0.2, -0.15) is 0 Å². The van der Waals surface area contributed by atoms with Gasteiger partial charge in [-0.3, -0.25) is 9.59 Å². The lowest BCUT2D eigenvalue weighted by Gasteiger charge is -2.60. The van der Waals surface area contributed by atoms with E-state index in [4.69, 9.17) is 9.47 Å². The maximum absolute atomic E-state index is 14.1. The van der Waals surface area contributed by atoms with Crippen molar-refractivity contribution in [2.45, 2.75) is 125 Å². The molecule has 0 amide bonds. The summed E-state index contributed by atoms with van der Waals surface area (Å²) in [4.78, 5) is 27.2. The van der Waals surface area contributed by atoms with Crippen molar-refractivity contribution in [2.24, 2.45) is 39.9 Å². The van der Waals surface area contributed by atoms with Crippen molar-refractivity contribution >= 4 is 11.9 Å². The van der Waals surface area contributed by atoms with E-state index in [0.717, 1.165) is 43.9 Å². The molecule has 4 aliphatic carbocycles. The molecule has 0 radical (unpaired) electrons. The molecule has 0 aromatic heterocycles. The second kappa shape index (κ2) is 8.01. The van der Waals surface area contributed by atoms with Crippen molar-refractivity contribution in [3.8, 4) is 0 Å². The van der Waals surface area contributed by atoms with Gasteiger partial charge in [0.25, 0.3) is 0 Å². The quantitative estimate of drug-likeness (QED) is 0.427. The Bertz CT molecular complexity index is 702. The van der Waals surface area contributed by atoms with Crippen LogP contribution < -0.4 is 0 Å². The molecule has 32 heavy (non-hydrogen) atoms. The Balaban J connectivity index is 1.95. The molecule has 0 aliphatic heterocycles. The van der Waals surface area contributed by atoms with E-state index in [0.29, 0.717) is 0 Å². The monoisotopic (exact) mass is 448 g/mol. The molecule has 4 saturated carbocycles. The van der Waals surface area contributed by atoms with Crippen LogP contribution in [0.1, 0.15) is 114 Å². The first-order valence-electron chi connectivity index (χ1n) is 12.8. The second-order valence-electron chi connectivity index (χ2n) is 14.7. The molecule has 0 aromatic carbocycles. The summed E-state index contributed by atoms with van der Waals surface area (Å²) in [5.74, 6) is 1.64. The molecule has 4 bridgehead atoms. The maximum atomic E-state index is 14.1. The van der Waals surface area contributed by atoms with E-state index >= 15 is 0 Å². The topological polar surface area (TPSA) is 52.6 Å². The summed E-state index contributed by atoms with van der Waals surface area (Å²) in [7, 11) is 0.